The Morgan fingerprint density at radius 1 is 1.13 bits per heavy atom. The smallest absolute Gasteiger partial charge is 0.179 e. The van der Waals surface area contributed by atoms with Crippen LogP contribution in [-0.4, -0.2) is 17.4 Å². The SMILES string of the molecule is CCC(NC12CC3CC(CC(C3)C1)C2)C(=O)c1ccc(N)cc1. The van der Waals surface area contributed by atoms with Gasteiger partial charge in [0, 0.05) is 16.8 Å². The first-order chi connectivity index (χ1) is 11.1. The molecule has 1 aromatic carbocycles. The molecule has 5 rings (SSSR count). The summed E-state index contributed by atoms with van der Waals surface area (Å²) in [5, 5.41) is 3.84. The van der Waals surface area contributed by atoms with E-state index < -0.39 is 0 Å². The molecular weight excluding hydrogens is 284 g/mol. The highest BCUT2D eigenvalue weighted by atomic mass is 16.1. The molecule has 0 radical (unpaired) electrons. The molecular formula is C20H28N2O. The molecule has 3 heteroatoms. The summed E-state index contributed by atoms with van der Waals surface area (Å²) in [4.78, 5) is 12.9. The third-order valence-corrected chi connectivity index (χ3v) is 6.44. The van der Waals surface area contributed by atoms with Crippen molar-refractivity contribution in [2.75, 3.05) is 5.73 Å². The summed E-state index contributed by atoms with van der Waals surface area (Å²) >= 11 is 0. The van der Waals surface area contributed by atoms with Gasteiger partial charge in [-0.2, -0.15) is 0 Å². The van der Waals surface area contributed by atoms with Crippen LogP contribution in [0.5, 0.6) is 0 Å². The van der Waals surface area contributed by atoms with Crippen molar-refractivity contribution in [1.82, 2.24) is 5.32 Å². The Kier molecular flexibility index (Phi) is 3.72. The van der Waals surface area contributed by atoms with Gasteiger partial charge in [0.15, 0.2) is 5.78 Å². The minimum Gasteiger partial charge on any atom is -0.399 e. The van der Waals surface area contributed by atoms with Crippen LogP contribution < -0.4 is 11.1 Å². The van der Waals surface area contributed by atoms with Crippen LogP contribution in [0.3, 0.4) is 0 Å². The fourth-order valence-corrected chi connectivity index (χ4v) is 5.86. The van der Waals surface area contributed by atoms with E-state index in [1.807, 2.05) is 24.3 Å². The van der Waals surface area contributed by atoms with Gasteiger partial charge in [0.25, 0.3) is 0 Å². The van der Waals surface area contributed by atoms with Crippen LogP contribution >= 0.6 is 0 Å². The van der Waals surface area contributed by atoms with Crippen LogP contribution in [0.2, 0.25) is 0 Å². The average molecular weight is 312 g/mol. The second kappa shape index (κ2) is 5.62. The Hall–Kier alpha value is -1.35. The predicted molar refractivity (Wildman–Crippen MR) is 93.3 cm³/mol. The van der Waals surface area contributed by atoms with E-state index in [-0.39, 0.29) is 17.4 Å². The first-order valence-electron chi connectivity index (χ1n) is 9.24. The monoisotopic (exact) mass is 312 g/mol. The Balaban J connectivity index is 1.52. The predicted octanol–water partition coefficient (Wildman–Crippen LogP) is 3.79. The van der Waals surface area contributed by atoms with Crippen molar-refractivity contribution in [3.63, 3.8) is 0 Å². The summed E-state index contributed by atoms with van der Waals surface area (Å²) in [6.07, 6.45) is 9.00. The molecule has 4 aliphatic carbocycles. The molecule has 0 heterocycles. The van der Waals surface area contributed by atoms with Gasteiger partial charge in [-0.1, -0.05) is 6.92 Å². The van der Waals surface area contributed by atoms with Gasteiger partial charge in [0.2, 0.25) is 0 Å². The Morgan fingerprint density at radius 2 is 1.65 bits per heavy atom. The van der Waals surface area contributed by atoms with Crippen LogP contribution in [-0.2, 0) is 0 Å². The molecule has 4 aliphatic rings. The van der Waals surface area contributed by atoms with E-state index in [1.165, 1.54) is 38.5 Å². The van der Waals surface area contributed by atoms with Crippen molar-refractivity contribution in [1.29, 1.82) is 0 Å². The van der Waals surface area contributed by atoms with Crippen LogP contribution in [0.1, 0.15) is 62.2 Å². The van der Waals surface area contributed by atoms with Crippen molar-refractivity contribution >= 4 is 11.5 Å². The topological polar surface area (TPSA) is 55.1 Å². The van der Waals surface area contributed by atoms with Crippen molar-refractivity contribution in [3.8, 4) is 0 Å². The van der Waals surface area contributed by atoms with Crippen LogP contribution in [0, 0.1) is 17.8 Å². The van der Waals surface area contributed by atoms with Crippen LogP contribution in [0.15, 0.2) is 24.3 Å². The molecule has 4 bridgehead atoms. The van der Waals surface area contributed by atoms with Crippen LogP contribution in [0.25, 0.3) is 0 Å². The summed E-state index contributed by atoms with van der Waals surface area (Å²) in [5.41, 5.74) is 7.47. The van der Waals surface area contributed by atoms with E-state index in [0.29, 0.717) is 5.69 Å². The second-order valence-electron chi connectivity index (χ2n) is 8.29. The van der Waals surface area contributed by atoms with Gasteiger partial charge in [0.1, 0.15) is 0 Å². The number of hydrogen-bond acceptors (Lipinski definition) is 3. The number of Topliss-reactive ketones (excluding diaryl/α,β-unsaturated/α-hetero) is 1. The zero-order chi connectivity index (χ0) is 16.0. The van der Waals surface area contributed by atoms with Gasteiger partial charge in [-0.3, -0.25) is 4.79 Å². The average Bonchev–Trinajstić information content (AvgIpc) is 2.51. The Labute approximate surface area is 139 Å². The first-order valence-corrected chi connectivity index (χ1v) is 9.24. The molecule has 0 spiro atoms. The lowest BCUT2D eigenvalue weighted by molar-refractivity contribution is -0.0242. The highest BCUT2D eigenvalue weighted by Gasteiger charge is 2.51. The number of nitrogens with one attached hydrogen (secondary N) is 1. The minimum atomic E-state index is -0.0603. The summed E-state index contributed by atoms with van der Waals surface area (Å²) < 4.78 is 0. The lowest BCUT2D eigenvalue weighted by atomic mass is 9.53. The molecule has 3 nitrogen and oxygen atoms in total. The molecule has 1 aromatic rings. The van der Waals surface area contributed by atoms with Gasteiger partial charge >= 0.3 is 0 Å². The molecule has 0 saturated heterocycles. The van der Waals surface area contributed by atoms with E-state index in [0.717, 1.165) is 29.7 Å². The number of nitrogen functional groups attached to an aromatic ring is 1. The summed E-state index contributed by atoms with van der Waals surface area (Å²) in [6.45, 7) is 2.12. The maximum Gasteiger partial charge on any atom is 0.179 e. The molecule has 23 heavy (non-hydrogen) atoms. The Morgan fingerprint density at radius 3 is 2.13 bits per heavy atom. The summed E-state index contributed by atoms with van der Waals surface area (Å²) in [6, 6.07) is 7.31. The number of ketones is 1. The quantitative estimate of drug-likeness (QED) is 0.642. The highest BCUT2D eigenvalue weighted by Crippen LogP contribution is 2.55. The molecule has 0 aromatic heterocycles. The standard InChI is InChI=1S/C20H28N2O/c1-2-18(19(23)16-3-5-17(21)6-4-16)22-20-10-13-7-14(11-20)9-15(8-13)12-20/h3-6,13-15,18,22H,2,7-12,21H2,1H3. The normalized spacial score (nSPS) is 36.1. The molecule has 4 fully saturated rings. The zero-order valence-corrected chi connectivity index (χ0v) is 14.1. The van der Waals surface area contributed by atoms with Crippen molar-refractivity contribution in [2.24, 2.45) is 17.8 Å². The largest absolute Gasteiger partial charge is 0.399 e. The first kappa shape index (κ1) is 15.2. The van der Waals surface area contributed by atoms with Crippen molar-refractivity contribution < 1.29 is 4.79 Å². The van der Waals surface area contributed by atoms with Gasteiger partial charge in [-0.15, -0.1) is 0 Å². The fourth-order valence-electron chi connectivity index (χ4n) is 5.86. The lowest BCUT2D eigenvalue weighted by Crippen LogP contribution is -2.61. The van der Waals surface area contributed by atoms with E-state index in [9.17, 15) is 4.79 Å². The van der Waals surface area contributed by atoms with E-state index in [2.05, 4.69) is 12.2 Å². The fraction of sp³-hybridized carbons (Fsp3) is 0.650. The summed E-state index contributed by atoms with van der Waals surface area (Å²) in [5.74, 6) is 2.93. The minimum absolute atomic E-state index is 0.0603. The van der Waals surface area contributed by atoms with E-state index in [1.54, 1.807) is 0 Å². The number of benzene rings is 1. The van der Waals surface area contributed by atoms with Gasteiger partial charge in [-0.25, -0.2) is 0 Å². The number of carbonyl (C=O) groups excluding carboxylic acids is 1. The van der Waals surface area contributed by atoms with Gasteiger partial charge in [-0.05, 0) is 87.0 Å². The number of rotatable bonds is 5. The van der Waals surface area contributed by atoms with E-state index >= 15 is 0 Å². The molecule has 1 atom stereocenters. The van der Waals surface area contributed by atoms with Gasteiger partial charge in [0.05, 0.1) is 6.04 Å². The van der Waals surface area contributed by atoms with Gasteiger partial charge < -0.3 is 11.1 Å². The maximum atomic E-state index is 12.9. The van der Waals surface area contributed by atoms with Crippen molar-refractivity contribution in [2.45, 2.75) is 63.5 Å². The molecule has 3 N–H and O–H groups in total. The Bertz CT molecular complexity index is 557. The van der Waals surface area contributed by atoms with Crippen molar-refractivity contribution in [3.05, 3.63) is 29.8 Å². The second-order valence-corrected chi connectivity index (χ2v) is 8.29. The summed E-state index contributed by atoms with van der Waals surface area (Å²) in [7, 11) is 0. The van der Waals surface area contributed by atoms with E-state index in [4.69, 9.17) is 5.73 Å². The number of nitrogens with two attached hydrogens (primary N) is 1. The molecule has 124 valence electrons. The number of anilines is 1. The third-order valence-electron chi connectivity index (χ3n) is 6.44. The third kappa shape index (κ3) is 2.80. The number of carbonyl (C=O) groups is 1. The number of hydrogen-bond donors (Lipinski definition) is 2. The van der Waals surface area contributed by atoms with Crippen LogP contribution in [0.4, 0.5) is 5.69 Å². The highest BCUT2D eigenvalue weighted by molar-refractivity contribution is 6.00. The molecule has 0 aliphatic heterocycles. The maximum absolute atomic E-state index is 12.9. The molecule has 4 saturated carbocycles. The zero-order valence-electron chi connectivity index (χ0n) is 14.1. The molecule has 0 amide bonds. The molecule has 1 unspecified atom stereocenters. The lowest BCUT2D eigenvalue weighted by Gasteiger charge is -2.57.